The lowest BCUT2D eigenvalue weighted by atomic mass is 10.1. The van der Waals surface area contributed by atoms with Gasteiger partial charge in [0.1, 0.15) is 6.10 Å². The molecular formula is C10H13ClO6S2. The Kier molecular flexibility index (Phi) is 5.34. The number of hydrogen-bond acceptors (Lipinski definition) is 6. The third kappa shape index (κ3) is 6.35. The molecule has 1 aromatic rings. The van der Waals surface area contributed by atoms with Gasteiger partial charge in [-0.25, -0.2) is 0 Å². The van der Waals surface area contributed by atoms with Crippen molar-refractivity contribution < 1.29 is 25.2 Å². The van der Waals surface area contributed by atoms with Gasteiger partial charge in [-0.05, 0) is 6.07 Å². The number of benzene rings is 1. The highest BCUT2D eigenvalue weighted by Crippen LogP contribution is 2.27. The molecule has 1 rings (SSSR count). The summed E-state index contributed by atoms with van der Waals surface area (Å²) in [6.07, 6.45) is 0.590. The minimum Gasteiger partial charge on any atom is -0.267 e. The average molecular weight is 329 g/mol. The van der Waals surface area contributed by atoms with E-state index in [-0.39, 0.29) is 5.02 Å². The summed E-state index contributed by atoms with van der Waals surface area (Å²) in [5, 5.41) is 0.258. The third-order valence-electron chi connectivity index (χ3n) is 1.98. The summed E-state index contributed by atoms with van der Waals surface area (Å²) in [4.78, 5) is 0. The van der Waals surface area contributed by atoms with Gasteiger partial charge in [0.15, 0.2) is 0 Å². The summed E-state index contributed by atoms with van der Waals surface area (Å²) in [5.41, 5.74) is 0.332. The van der Waals surface area contributed by atoms with Gasteiger partial charge in [0.05, 0.1) is 19.1 Å². The van der Waals surface area contributed by atoms with Crippen molar-refractivity contribution in [3.05, 3.63) is 34.9 Å². The van der Waals surface area contributed by atoms with Crippen molar-refractivity contribution in [2.75, 3.05) is 19.1 Å². The van der Waals surface area contributed by atoms with Gasteiger partial charge < -0.3 is 0 Å². The summed E-state index contributed by atoms with van der Waals surface area (Å²) >= 11 is 5.92. The predicted octanol–water partition coefficient (Wildman–Crippen LogP) is 1.33. The zero-order valence-corrected chi connectivity index (χ0v) is 12.6. The lowest BCUT2D eigenvalue weighted by Gasteiger charge is -2.17. The van der Waals surface area contributed by atoms with Crippen LogP contribution in [0.5, 0.6) is 0 Å². The summed E-state index contributed by atoms with van der Waals surface area (Å²) < 4.78 is 53.6. The number of rotatable bonds is 6. The van der Waals surface area contributed by atoms with Crippen molar-refractivity contribution in [3.63, 3.8) is 0 Å². The van der Waals surface area contributed by atoms with Gasteiger partial charge in [0.2, 0.25) is 0 Å². The normalized spacial score (nSPS) is 14.3. The second-order valence-electron chi connectivity index (χ2n) is 3.80. The summed E-state index contributed by atoms with van der Waals surface area (Å²) in [6.45, 7) is -0.477. The molecule has 1 atom stereocenters. The lowest BCUT2D eigenvalue weighted by Crippen LogP contribution is -2.18. The highest BCUT2D eigenvalue weighted by Gasteiger charge is 2.22. The minimum absolute atomic E-state index is 0.258. The van der Waals surface area contributed by atoms with E-state index in [9.17, 15) is 16.8 Å². The lowest BCUT2D eigenvalue weighted by molar-refractivity contribution is 0.141. The van der Waals surface area contributed by atoms with Crippen LogP contribution in [0, 0.1) is 0 Å². The molecule has 0 unspecified atom stereocenters. The fraction of sp³-hybridized carbons (Fsp3) is 0.400. The second kappa shape index (κ2) is 6.19. The van der Waals surface area contributed by atoms with Gasteiger partial charge in [-0.3, -0.25) is 8.37 Å². The fourth-order valence-corrected chi connectivity index (χ4v) is 2.51. The molecule has 0 radical (unpaired) electrons. The van der Waals surface area contributed by atoms with E-state index in [0.29, 0.717) is 5.56 Å². The van der Waals surface area contributed by atoms with Crippen LogP contribution in [0.3, 0.4) is 0 Å². The monoisotopic (exact) mass is 328 g/mol. The van der Waals surface area contributed by atoms with E-state index >= 15 is 0 Å². The molecule has 108 valence electrons. The maximum absolute atomic E-state index is 11.2. The van der Waals surface area contributed by atoms with Gasteiger partial charge in [0.25, 0.3) is 20.2 Å². The Labute approximate surface area is 117 Å². The van der Waals surface area contributed by atoms with E-state index in [0.717, 1.165) is 12.5 Å². The zero-order chi connectivity index (χ0) is 14.7. The average Bonchev–Trinajstić information content (AvgIpc) is 2.22. The highest BCUT2D eigenvalue weighted by atomic mass is 35.5. The van der Waals surface area contributed by atoms with E-state index in [1.807, 2.05) is 0 Å². The van der Waals surface area contributed by atoms with Crippen LogP contribution in [0.4, 0.5) is 0 Å². The zero-order valence-electron chi connectivity index (χ0n) is 10.2. The van der Waals surface area contributed by atoms with Crippen LogP contribution in [0.25, 0.3) is 0 Å². The molecule has 0 aliphatic rings. The van der Waals surface area contributed by atoms with E-state index in [1.54, 1.807) is 12.1 Å². The molecule has 0 heterocycles. The molecule has 0 amide bonds. The predicted molar refractivity (Wildman–Crippen MR) is 70.9 cm³/mol. The van der Waals surface area contributed by atoms with Gasteiger partial charge >= 0.3 is 0 Å². The Morgan fingerprint density at radius 1 is 1.11 bits per heavy atom. The SMILES string of the molecule is CS(=O)(=O)OC[C@@H](OS(C)(=O)=O)c1ccccc1Cl. The first-order chi connectivity index (χ1) is 8.58. The van der Waals surface area contributed by atoms with Crippen molar-refractivity contribution in [2.24, 2.45) is 0 Å². The molecule has 9 heteroatoms. The van der Waals surface area contributed by atoms with Gasteiger partial charge in [-0.15, -0.1) is 0 Å². The van der Waals surface area contributed by atoms with Crippen LogP contribution < -0.4 is 0 Å². The summed E-state index contributed by atoms with van der Waals surface area (Å²) in [7, 11) is -7.50. The first-order valence-electron chi connectivity index (χ1n) is 5.05. The highest BCUT2D eigenvalue weighted by molar-refractivity contribution is 7.86. The summed E-state index contributed by atoms with van der Waals surface area (Å²) in [5.74, 6) is 0. The maximum atomic E-state index is 11.2. The van der Waals surface area contributed by atoms with Crippen LogP contribution in [0.15, 0.2) is 24.3 Å². The molecule has 0 aromatic heterocycles. The second-order valence-corrected chi connectivity index (χ2v) is 7.45. The number of hydrogen-bond donors (Lipinski definition) is 0. The van der Waals surface area contributed by atoms with Crippen LogP contribution in [-0.4, -0.2) is 36.0 Å². The Bertz CT molecular complexity index is 638. The van der Waals surface area contributed by atoms with E-state index in [1.165, 1.54) is 12.1 Å². The Morgan fingerprint density at radius 2 is 1.68 bits per heavy atom. The topological polar surface area (TPSA) is 86.7 Å². The smallest absolute Gasteiger partial charge is 0.265 e. The standard InChI is InChI=1S/C10H13ClO6S2/c1-18(12,13)16-7-10(17-19(2,14)15)8-5-3-4-6-9(8)11/h3-6,10H,7H2,1-2H3/t10-/m1/s1. The molecule has 1 aromatic carbocycles. The van der Waals surface area contributed by atoms with Crippen molar-refractivity contribution in [3.8, 4) is 0 Å². The van der Waals surface area contributed by atoms with E-state index in [2.05, 4.69) is 4.18 Å². The molecule has 0 fully saturated rings. The van der Waals surface area contributed by atoms with E-state index in [4.69, 9.17) is 15.8 Å². The minimum atomic E-state index is -3.79. The Morgan fingerprint density at radius 3 is 2.16 bits per heavy atom. The largest absolute Gasteiger partial charge is 0.267 e. The first kappa shape index (κ1) is 16.4. The molecule has 0 spiro atoms. The van der Waals surface area contributed by atoms with E-state index < -0.39 is 32.9 Å². The molecule has 0 saturated heterocycles. The van der Waals surface area contributed by atoms with Crippen LogP contribution in [-0.2, 0) is 28.6 Å². The fourth-order valence-electron chi connectivity index (χ4n) is 1.30. The maximum Gasteiger partial charge on any atom is 0.265 e. The van der Waals surface area contributed by atoms with Crippen molar-refractivity contribution in [1.82, 2.24) is 0 Å². The molecule has 0 saturated carbocycles. The molecule has 19 heavy (non-hydrogen) atoms. The molecule has 0 aliphatic heterocycles. The molecule has 0 N–H and O–H groups in total. The Balaban J connectivity index is 3.03. The van der Waals surface area contributed by atoms with Gasteiger partial charge in [-0.2, -0.15) is 16.8 Å². The van der Waals surface area contributed by atoms with Crippen LogP contribution in [0.1, 0.15) is 11.7 Å². The molecule has 0 aliphatic carbocycles. The quantitative estimate of drug-likeness (QED) is 0.732. The molecule has 0 bridgehead atoms. The van der Waals surface area contributed by atoms with Crippen LogP contribution >= 0.6 is 11.6 Å². The van der Waals surface area contributed by atoms with Crippen molar-refractivity contribution in [1.29, 1.82) is 0 Å². The van der Waals surface area contributed by atoms with Crippen molar-refractivity contribution >= 4 is 31.8 Å². The van der Waals surface area contributed by atoms with Gasteiger partial charge in [-0.1, -0.05) is 29.8 Å². The third-order valence-corrected chi connectivity index (χ3v) is 3.47. The van der Waals surface area contributed by atoms with Gasteiger partial charge in [0, 0.05) is 10.6 Å². The van der Waals surface area contributed by atoms with Crippen molar-refractivity contribution in [2.45, 2.75) is 6.10 Å². The molecular weight excluding hydrogens is 316 g/mol. The summed E-state index contributed by atoms with van der Waals surface area (Å²) in [6, 6.07) is 6.35. The van der Waals surface area contributed by atoms with Crippen LogP contribution in [0.2, 0.25) is 5.02 Å². The molecule has 6 nitrogen and oxygen atoms in total. The first-order valence-corrected chi connectivity index (χ1v) is 9.07. The number of halogens is 1. The Hall–Kier alpha value is -0.670.